The van der Waals surface area contributed by atoms with Gasteiger partial charge in [-0.05, 0) is 31.2 Å². The summed E-state index contributed by atoms with van der Waals surface area (Å²) in [5, 5.41) is 16.5. The Morgan fingerprint density at radius 1 is 1.03 bits per heavy atom. The molecule has 0 aromatic heterocycles. The van der Waals surface area contributed by atoms with Gasteiger partial charge in [0.25, 0.3) is 0 Å². The van der Waals surface area contributed by atoms with Crippen LogP contribution in [0.1, 0.15) is 27.6 Å². The van der Waals surface area contributed by atoms with Crippen LogP contribution in [0.5, 0.6) is 0 Å². The maximum absolute atomic E-state index is 13.4. The zero-order valence-electron chi connectivity index (χ0n) is 15.7. The molecule has 1 aliphatic rings. The number of hydrogen-bond acceptors (Lipinski definition) is 5. The van der Waals surface area contributed by atoms with Gasteiger partial charge in [-0.3, -0.25) is 0 Å². The number of halogens is 4. The average Bonchev–Trinajstić information content (AvgIpc) is 2.59. The Labute approximate surface area is 185 Å². The minimum Gasteiger partial charge on any atom is -0.478 e. The monoisotopic (exact) mass is 497 g/mol. The first kappa shape index (κ1) is 25.0. The lowest BCUT2D eigenvalue weighted by Gasteiger charge is -2.38. The molecule has 31 heavy (non-hydrogen) atoms. The molecule has 0 unspecified atom stereocenters. The van der Waals surface area contributed by atoms with E-state index in [1.54, 1.807) is 6.92 Å². The quantitative estimate of drug-likeness (QED) is 0.576. The molecule has 1 fully saturated rings. The summed E-state index contributed by atoms with van der Waals surface area (Å²) in [6.45, 7) is 2.01. The van der Waals surface area contributed by atoms with E-state index < -0.39 is 60.2 Å². The largest absolute Gasteiger partial charge is 0.478 e. The Balaban J connectivity index is 0.000000262. The smallest absolute Gasteiger partial charge is 0.340 e. The molecular formula is C18H15Cl2F2NO7S. The van der Waals surface area contributed by atoms with E-state index >= 15 is 0 Å². The molecule has 1 aliphatic heterocycles. The minimum absolute atomic E-state index is 0.0856. The van der Waals surface area contributed by atoms with Crippen molar-refractivity contribution in [2.75, 3.05) is 13.2 Å². The van der Waals surface area contributed by atoms with Crippen molar-refractivity contribution in [3.8, 4) is 0 Å². The predicted octanol–water partition coefficient (Wildman–Crippen LogP) is 3.42. The molecule has 0 atom stereocenters. The fraction of sp³-hybridized carbons (Fsp3) is 0.222. The van der Waals surface area contributed by atoms with Crippen molar-refractivity contribution >= 4 is 45.2 Å². The fourth-order valence-corrected chi connectivity index (χ4v) is 4.73. The average molecular weight is 498 g/mol. The maximum atomic E-state index is 13.4. The fourth-order valence-electron chi connectivity index (χ4n) is 2.49. The lowest BCUT2D eigenvalue weighted by atomic mass is 10.0. The number of ether oxygens (including phenoxy) is 1. The number of aromatic carboxylic acids is 2. The zero-order valence-corrected chi connectivity index (χ0v) is 18.0. The summed E-state index contributed by atoms with van der Waals surface area (Å²) in [4.78, 5) is 20.8. The minimum atomic E-state index is -4.07. The van der Waals surface area contributed by atoms with E-state index in [0.29, 0.717) is 0 Å². The van der Waals surface area contributed by atoms with Crippen LogP contribution in [0.4, 0.5) is 8.78 Å². The first-order valence-corrected chi connectivity index (χ1v) is 10.5. The van der Waals surface area contributed by atoms with Crippen molar-refractivity contribution in [1.29, 1.82) is 0 Å². The number of carboxylic acids is 2. The highest BCUT2D eigenvalue weighted by atomic mass is 35.5. The lowest BCUT2D eigenvalue weighted by molar-refractivity contribution is -0.0523. The van der Waals surface area contributed by atoms with Gasteiger partial charge in [-0.2, -0.15) is 0 Å². The molecule has 0 amide bonds. The Hall–Kier alpha value is -2.31. The number of nitrogens with one attached hydrogen (secondary N) is 1. The van der Waals surface area contributed by atoms with Crippen molar-refractivity contribution < 1.29 is 41.7 Å². The lowest BCUT2D eigenvalue weighted by Crippen LogP contribution is -2.59. The molecular weight excluding hydrogens is 483 g/mol. The summed E-state index contributed by atoms with van der Waals surface area (Å²) in [6, 6.07) is 5.41. The molecule has 3 rings (SSSR count). The van der Waals surface area contributed by atoms with Crippen molar-refractivity contribution in [2.24, 2.45) is 0 Å². The van der Waals surface area contributed by atoms with Gasteiger partial charge in [0, 0.05) is 0 Å². The van der Waals surface area contributed by atoms with E-state index in [1.807, 2.05) is 0 Å². The second-order valence-corrected chi connectivity index (χ2v) is 9.04. The summed E-state index contributed by atoms with van der Waals surface area (Å²) >= 11 is 11.1. The van der Waals surface area contributed by atoms with Gasteiger partial charge in [0.1, 0.15) is 27.7 Å². The van der Waals surface area contributed by atoms with Gasteiger partial charge in [0.2, 0.25) is 10.0 Å². The topological polar surface area (TPSA) is 130 Å². The standard InChI is InChI=1S/C11H11ClFNO5S.C7H4ClFO2/c1-11(4-19-5-11)14-20(17,18)7-3-2-6(13)8(9(7)12)10(15)16;8-4-2-1-3-5(9)6(4)7(10)11/h2-3,14H,4-5H2,1H3,(H,15,16);1-3H,(H,10,11). The van der Waals surface area contributed by atoms with E-state index in [-0.39, 0.29) is 18.2 Å². The number of carboxylic acid groups (broad SMARTS) is 2. The van der Waals surface area contributed by atoms with Gasteiger partial charge in [-0.25, -0.2) is 31.5 Å². The molecule has 2 aromatic carbocycles. The normalized spacial score (nSPS) is 14.7. The molecule has 1 saturated heterocycles. The zero-order chi connectivity index (χ0) is 23.6. The Morgan fingerprint density at radius 2 is 1.58 bits per heavy atom. The van der Waals surface area contributed by atoms with Crippen molar-refractivity contribution in [1.82, 2.24) is 4.72 Å². The molecule has 13 heteroatoms. The molecule has 1 heterocycles. The summed E-state index contributed by atoms with van der Waals surface area (Å²) in [7, 11) is -4.07. The van der Waals surface area contributed by atoms with Crippen LogP contribution in [0.2, 0.25) is 10.0 Å². The Kier molecular flexibility index (Phi) is 7.61. The van der Waals surface area contributed by atoms with Crippen molar-refractivity contribution in [2.45, 2.75) is 17.4 Å². The van der Waals surface area contributed by atoms with E-state index in [9.17, 15) is 26.8 Å². The van der Waals surface area contributed by atoms with Crippen LogP contribution in [0.15, 0.2) is 35.2 Å². The van der Waals surface area contributed by atoms with Gasteiger partial charge in [0.15, 0.2) is 0 Å². The van der Waals surface area contributed by atoms with E-state index in [4.69, 9.17) is 38.2 Å². The molecule has 0 bridgehead atoms. The van der Waals surface area contributed by atoms with E-state index in [2.05, 4.69) is 4.72 Å². The number of carbonyl (C=O) groups is 2. The van der Waals surface area contributed by atoms with Crippen LogP contribution in [0.3, 0.4) is 0 Å². The number of rotatable bonds is 5. The van der Waals surface area contributed by atoms with Crippen LogP contribution >= 0.6 is 23.2 Å². The highest BCUT2D eigenvalue weighted by Gasteiger charge is 2.39. The van der Waals surface area contributed by atoms with Crippen LogP contribution in [-0.2, 0) is 14.8 Å². The van der Waals surface area contributed by atoms with Crippen LogP contribution in [-0.4, -0.2) is 49.3 Å². The van der Waals surface area contributed by atoms with Gasteiger partial charge < -0.3 is 14.9 Å². The summed E-state index contributed by atoms with van der Waals surface area (Å²) in [5.74, 6) is -4.90. The van der Waals surface area contributed by atoms with Crippen LogP contribution in [0, 0.1) is 11.6 Å². The molecule has 0 saturated carbocycles. The second-order valence-electron chi connectivity index (χ2n) is 6.60. The third kappa shape index (κ3) is 5.69. The van der Waals surface area contributed by atoms with Crippen LogP contribution in [0.25, 0.3) is 0 Å². The van der Waals surface area contributed by atoms with E-state index in [1.165, 1.54) is 12.1 Å². The van der Waals surface area contributed by atoms with Crippen LogP contribution < -0.4 is 4.72 Å². The van der Waals surface area contributed by atoms with E-state index in [0.717, 1.165) is 18.2 Å². The number of sulfonamides is 1. The second kappa shape index (κ2) is 9.45. The number of hydrogen-bond donors (Lipinski definition) is 3. The molecule has 3 N–H and O–H groups in total. The molecule has 0 spiro atoms. The summed E-state index contributed by atoms with van der Waals surface area (Å²) in [5.41, 5.74) is -2.13. The first-order chi connectivity index (χ1) is 14.3. The third-order valence-corrected chi connectivity index (χ3v) is 6.46. The van der Waals surface area contributed by atoms with Gasteiger partial charge >= 0.3 is 11.9 Å². The van der Waals surface area contributed by atoms with Crippen molar-refractivity contribution in [3.05, 3.63) is 63.1 Å². The highest BCUT2D eigenvalue weighted by Crippen LogP contribution is 2.29. The molecule has 2 aromatic rings. The maximum Gasteiger partial charge on any atom is 0.340 e. The van der Waals surface area contributed by atoms with Gasteiger partial charge in [-0.15, -0.1) is 0 Å². The molecule has 8 nitrogen and oxygen atoms in total. The molecule has 0 radical (unpaired) electrons. The number of benzene rings is 2. The third-order valence-electron chi connectivity index (χ3n) is 3.96. The van der Waals surface area contributed by atoms with Gasteiger partial charge in [-0.1, -0.05) is 29.3 Å². The summed E-state index contributed by atoms with van der Waals surface area (Å²) < 4.78 is 57.7. The van der Waals surface area contributed by atoms with Gasteiger partial charge in [0.05, 0.1) is 28.8 Å². The summed E-state index contributed by atoms with van der Waals surface area (Å²) in [6.07, 6.45) is 0. The van der Waals surface area contributed by atoms with Crippen molar-refractivity contribution in [3.63, 3.8) is 0 Å². The molecule has 168 valence electrons. The predicted molar refractivity (Wildman–Crippen MR) is 106 cm³/mol. The highest BCUT2D eigenvalue weighted by molar-refractivity contribution is 7.89. The Morgan fingerprint density at radius 3 is 2.00 bits per heavy atom. The first-order valence-electron chi connectivity index (χ1n) is 8.29. The Bertz CT molecular complexity index is 1120. The SMILES string of the molecule is CC1(NS(=O)(=O)c2ccc(F)c(C(=O)O)c2Cl)COC1.O=C(O)c1c(F)cccc1Cl. The molecule has 0 aliphatic carbocycles.